The Kier molecular flexibility index (Phi) is 3.20. The van der Waals surface area contributed by atoms with Gasteiger partial charge in [-0.1, -0.05) is 0 Å². The smallest absolute Gasteiger partial charge is 0.0330 e. The molecular formula is C3H8Cl2OS. The highest BCUT2D eigenvalue weighted by atomic mass is 35.7. The quantitative estimate of drug-likeness (QED) is 0.365. The molecule has 4 heteroatoms. The molecule has 0 aliphatic carbocycles. The predicted octanol–water partition coefficient (Wildman–Crippen LogP) is 1.03. The first-order valence-corrected chi connectivity index (χ1v) is 5.66. The number of thiol groups is 1. The Labute approximate surface area is 53.9 Å². The summed E-state index contributed by atoms with van der Waals surface area (Å²) in [5.74, 6) is 0.813. The van der Waals surface area contributed by atoms with Gasteiger partial charge in [-0.15, -0.1) is 11.6 Å². The van der Waals surface area contributed by atoms with E-state index in [0.29, 0.717) is 11.6 Å². The monoisotopic (exact) mass is 162 g/mol. The van der Waals surface area contributed by atoms with Crippen LogP contribution < -0.4 is 0 Å². The van der Waals surface area contributed by atoms with Crippen LogP contribution in [0.15, 0.2) is 0 Å². The number of hydrogen-bond donors (Lipinski definition) is 1. The van der Waals surface area contributed by atoms with Gasteiger partial charge in [0, 0.05) is 17.9 Å². The van der Waals surface area contributed by atoms with Crippen LogP contribution >= 0.6 is 22.3 Å². The van der Waals surface area contributed by atoms with Crippen molar-refractivity contribution in [2.45, 2.75) is 0 Å². The molecular weight excluding hydrogens is 155 g/mol. The van der Waals surface area contributed by atoms with Crippen molar-refractivity contribution in [3.05, 3.63) is 0 Å². The molecule has 0 unspecified atom stereocenters. The first-order chi connectivity index (χ1) is 3.06. The lowest BCUT2D eigenvalue weighted by Crippen LogP contribution is -2.05. The number of alkyl halides is 1. The Morgan fingerprint density at radius 3 is 2.14 bits per heavy atom. The molecule has 7 heavy (non-hydrogen) atoms. The third kappa shape index (κ3) is 6.73. The lowest BCUT2D eigenvalue weighted by Gasteiger charge is -2.03. The summed E-state index contributed by atoms with van der Waals surface area (Å²) < 4.78 is 10.5. The van der Waals surface area contributed by atoms with Crippen LogP contribution in [0.2, 0.25) is 0 Å². The zero-order chi connectivity index (χ0) is 5.91. The fourth-order valence-electron chi connectivity index (χ4n) is 0.151. The molecule has 0 fully saturated rings. The van der Waals surface area contributed by atoms with E-state index in [1.165, 1.54) is 6.26 Å². The van der Waals surface area contributed by atoms with Gasteiger partial charge < -0.3 is 0 Å². The average Bonchev–Trinajstić information content (AvgIpc) is 1.30. The summed E-state index contributed by atoms with van der Waals surface area (Å²) in [6, 6.07) is 0. The number of halogens is 2. The fraction of sp³-hybridized carbons (Fsp3) is 1.00. The molecule has 0 aliphatic heterocycles. The summed E-state index contributed by atoms with van der Waals surface area (Å²) in [5.41, 5.74) is 0. The summed E-state index contributed by atoms with van der Waals surface area (Å²) in [6.07, 6.45) is 1.51. The Morgan fingerprint density at radius 1 is 1.71 bits per heavy atom. The average molecular weight is 163 g/mol. The maximum absolute atomic E-state index is 10.5. The third-order valence-electron chi connectivity index (χ3n) is 0.484. The molecule has 0 N–H and O–H groups in total. The van der Waals surface area contributed by atoms with Crippen molar-refractivity contribution in [1.82, 2.24) is 0 Å². The van der Waals surface area contributed by atoms with Crippen LogP contribution in [0.25, 0.3) is 0 Å². The molecule has 0 bridgehead atoms. The molecule has 0 atom stereocenters. The van der Waals surface area contributed by atoms with Crippen LogP contribution in [-0.4, -0.2) is 22.1 Å². The molecule has 0 aromatic heterocycles. The standard InChI is InChI=1S/C3H8Cl2OS/c1-7(5,6)3-2-4/h7H,2-3H2,1H3. The first kappa shape index (κ1) is 7.73. The lowest BCUT2D eigenvalue weighted by molar-refractivity contribution is 0.684. The normalized spacial score (nSPS) is 14.1. The Hall–Kier alpha value is 0.730. The van der Waals surface area contributed by atoms with Crippen LogP contribution in [-0.2, 0) is 9.15 Å². The van der Waals surface area contributed by atoms with Crippen molar-refractivity contribution in [3.8, 4) is 0 Å². The maximum Gasteiger partial charge on any atom is 0.0330 e. The topological polar surface area (TPSA) is 17.1 Å². The van der Waals surface area contributed by atoms with Crippen molar-refractivity contribution in [2.24, 2.45) is 0 Å². The van der Waals surface area contributed by atoms with E-state index >= 15 is 0 Å². The molecule has 0 radical (unpaired) electrons. The molecule has 0 spiro atoms. The Balaban J connectivity index is 3.36. The SMILES string of the molecule is C[SH](=O)(Cl)CCCl. The summed E-state index contributed by atoms with van der Waals surface area (Å²) in [4.78, 5) is 0. The predicted molar refractivity (Wildman–Crippen MR) is 36.9 cm³/mol. The minimum Gasteiger partial charge on any atom is -0.271 e. The van der Waals surface area contributed by atoms with Gasteiger partial charge in [-0.3, -0.25) is 4.21 Å². The summed E-state index contributed by atoms with van der Waals surface area (Å²) in [5, 5.41) is 0. The summed E-state index contributed by atoms with van der Waals surface area (Å²) in [6.45, 7) is 0. The van der Waals surface area contributed by atoms with E-state index < -0.39 is 9.15 Å². The van der Waals surface area contributed by atoms with Gasteiger partial charge in [-0.05, 0) is 19.8 Å². The minimum atomic E-state index is -2.33. The van der Waals surface area contributed by atoms with Gasteiger partial charge in [0.2, 0.25) is 0 Å². The van der Waals surface area contributed by atoms with E-state index in [1.54, 1.807) is 0 Å². The fourth-order valence-corrected chi connectivity index (χ4v) is 1.93. The molecule has 0 aromatic carbocycles. The van der Waals surface area contributed by atoms with Crippen molar-refractivity contribution in [1.29, 1.82) is 0 Å². The van der Waals surface area contributed by atoms with E-state index in [4.69, 9.17) is 22.3 Å². The largest absolute Gasteiger partial charge is 0.271 e. The third-order valence-corrected chi connectivity index (χ3v) is 2.47. The molecule has 0 saturated carbocycles. The molecule has 0 heterocycles. The van der Waals surface area contributed by atoms with E-state index in [-0.39, 0.29) is 0 Å². The van der Waals surface area contributed by atoms with Crippen LogP contribution in [0.3, 0.4) is 0 Å². The molecule has 0 aromatic rings. The molecule has 46 valence electrons. The molecule has 0 aliphatic rings. The van der Waals surface area contributed by atoms with Gasteiger partial charge in [0.1, 0.15) is 0 Å². The maximum atomic E-state index is 10.5. The van der Waals surface area contributed by atoms with Crippen molar-refractivity contribution in [2.75, 3.05) is 17.9 Å². The molecule has 0 rings (SSSR count). The minimum absolute atomic E-state index is 0.386. The number of hydrogen-bond acceptors (Lipinski definition) is 1. The van der Waals surface area contributed by atoms with E-state index in [9.17, 15) is 4.21 Å². The zero-order valence-corrected chi connectivity index (χ0v) is 6.43. The van der Waals surface area contributed by atoms with Crippen LogP contribution in [0.4, 0.5) is 0 Å². The Bertz CT molecular complexity index is 86.9. The van der Waals surface area contributed by atoms with Crippen LogP contribution in [0.5, 0.6) is 0 Å². The second kappa shape index (κ2) is 2.90. The summed E-state index contributed by atoms with van der Waals surface area (Å²) >= 11 is 5.23. The molecule has 0 saturated heterocycles. The highest BCUT2D eigenvalue weighted by molar-refractivity contribution is 8.23. The van der Waals surface area contributed by atoms with Gasteiger partial charge in [-0.25, -0.2) is 0 Å². The molecule has 0 amide bonds. The van der Waals surface area contributed by atoms with E-state index in [0.717, 1.165) is 0 Å². The van der Waals surface area contributed by atoms with Crippen LogP contribution in [0, 0.1) is 0 Å². The zero-order valence-electron chi connectivity index (χ0n) is 4.03. The highest BCUT2D eigenvalue weighted by Crippen LogP contribution is 2.04. The highest BCUT2D eigenvalue weighted by Gasteiger charge is 1.98. The van der Waals surface area contributed by atoms with E-state index in [1.807, 2.05) is 0 Å². The Morgan fingerprint density at radius 2 is 2.14 bits per heavy atom. The lowest BCUT2D eigenvalue weighted by atomic mass is 11.0. The van der Waals surface area contributed by atoms with Crippen molar-refractivity contribution >= 4 is 31.4 Å². The molecule has 1 nitrogen and oxygen atoms in total. The van der Waals surface area contributed by atoms with E-state index in [2.05, 4.69) is 0 Å². The van der Waals surface area contributed by atoms with Crippen molar-refractivity contribution in [3.63, 3.8) is 0 Å². The first-order valence-electron chi connectivity index (χ1n) is 1.88. The van der Waals surface area contributed by atoms with Crippen molar-refractivity contribution < 1.29 is 4.21 Å². The van der Waals surface area contributed by atoms with Gasteiger partial charge in [0.05, 0.1) is 0 Å². The second-order valence-corrected chi connectivity index (χ2v) is 6.34. The summed E-state index contributed by atoms with van der Waals surface area (Å²) in [7, 11) is 2.98. The van der Waals surface area contributed by atoms with Gasteiger partial charge in [0.15, 0.2) is 0 Å². The van der Waals surface area contributed by atoms with Gasteiger partial charge >= 0.3 is 0 Å². The van der Waals surface area contributed by atoms with Gasteiger partial charge in [-0.2, -0.15) is 0 Å². The van der Waals surface area contributed by atoms with Crippen LogP contribution in [0.1, 0.15) is 0 Å². The van der Waals surface area contributed by atoms with Gasteiger partial charge in [0.25, 0.3) is 0 Å². The number of rotatable bonds is 2. The second-order valence-electron chi connectivity index (χ2n) is 1.40.